The van der Waals surface area contributed by atoms with Crippen molar-refractivity contribution in [2.75, 3.05) is 5.32 Å². The second-order valence-corrected chi connectivity index (χ2v) is 4.40. The molecule has 18 heavy (non-hydrogen) atoms. The Balaban J connectivity index is 2.05. The van der Waals surface area contributed by atoms with Crippen LogP contribution in [0.4, 0.5) is 5.69 Å². The molecule has 0 unspecified atom stereocenters. The molecule has 0 aliphatic heterocycles. The molecule has 1 amide bonds. The van der Waals surface area contributed by atoms with Crippen LogP contribution in [0.25, 0.3) is 0 Å². The zero-order chi connectivity index (χ0) is 13.1. The molecule has 2 rings (SSSR count). The van der Waals surface area contributed by atoms with E-state index in [1.807, 2.05) is 17.8 Å². The predicted octanol–water partition coefficient (Wildman–Crippen LogP) is 1.31. The number of carbonyl (C=O) groups excluding carboxylic acids is 1. The highest BCUT2D eigenvalue weighted by Gasteiger charge is 2.10. The molecule has 2 aromatic rings. The molecular formula is C12H13ClN3O2+. The first kappa shape index (κ1) is 12.4. The molecule has 0 spiro atoms. The van der Waals surface area contributed by atoms with E-state index < -0.39 is 0 Å². The number of phenols is 1. The minimum absolute atomic E-state index is 0.00851. The number of rotatable bonds is 3. The van der Waals surface area contributed by atoms with E-state index in [1.54, 1.807) is 23.2 Å². The molecule has 0 saturated heterocycles. The number of aryl methyl sites for hydroxylation is 1. The van der Waals surface area contributed by atoms with Crippen molar-refractivity contribution >= 4 is 23.2 Å². The second-order valence-electron chi connectivity index (χ2n) is 3.96. The molecule has 1 aromatic heterocycles. The lowest BCUT2D eigenvalue weighted by molar-refractivity contribution is -0.671. The maximum absolute atomic E-state index is 11.8. The van der Waals surface area contributed by atoms with Crippen molar-refractivity contribution in [2.45, 2.75) is 6.54 Å². The van der Waals surface area contributed by atoms with Gasteiger partial charge in [-0.05, 0) is 18.2 Å². The first-order valence-electron chi connectivity index (χ1n) is 5.34. The maximum Gasteiger partial charge on any atom is 0.266 e. The Morgan fingerprint density at radius 3 is 3.00 bits per heavy atom. The molecule has 5 nitrogen and oxygen atoms in total. The molecule has 0 bridgehead atoms. The average Bonchev–Trinajstić information content (AvgIpc) is 2.69. The van der Waals surface area contributed by atoms with Gasteiger partial charge >= 0.3 is 0 Å². The number of nitrogens with zero attached hydrogens (tertiary/aromatic N) is 2. The monoisotopic (exact) mass is 266 g/mol. The number of hydrogen-bond donors (Lipinski definition) is 2. The van der Waals surface area contributed by atoms with Crippen molar-refractivity contribution in [3.63, 3.8) is 0 Å². The fraction of sp³-hybridized carbons (Fsp3) is 0.167. The molecule has 1 aromatic carbocycles. The van der Waals surface area contributed by atoms with Gasteiger partial charge in [0.1, 0.15) is 18.1 Å². The summed E-state index contributed by atoms with van der Waals surface area (Å²) in [6, 6.07) is 4.50. The number of aromatic hydroxyl groups is 1. The van der Waals surface area contributed by atoms with Crippen molar-refractivity contribution in [3.05, 3.63) is 41.9 Å². The minimum atomic E-state index is -0.233. The number of imidazole rings is 1. The van der Waals surface area contributed by atoms with Gasteiger partial charge in [0, 0.05) is 5.02 Å². The maximum atomic E-state index is 11.8. The smallest absolute Gasteiger partial charge is 0.266 e. The van der Waals surface area contributed by atoms with Gasteiger partial charge in [-0.1, -0.05) is 11.6 Å². The number of carbonyl (C=O) groups is 1. The van der Waals surface area contributed by atoms with Crippen LogP contribution in [-0.2, 0) is 18.4 Å². The number of hydrogen-bond acceptors (Lipinski definition) is 2. The van der Waals surface area contributed by atoms with Gasteiger partial charge < -0.3 is 10.4 Å². The quantitative estimate of drug-likeness (QED) is 0.650. The summed E-state index contributed by atoms with van der Waals surface area (Å²) >= 11 is 5.79. The van der Waals surface area contributed by atoms with E-state index in [9.17, 15) is 9.90 Å². The van der Waals surface area contributed by atoms with Crippen LogP contribution in [0.1, 0.15) is 0 Å². The molecule has 94 valence electrons. The molecule has 6 heteroatoms. The standard InChI is InChI=1S/C12H12ClN3O2/c1-15-4-5-16(8-15)7-12(18)14-10-6-9(13)2-3-11(10)17/h2-6,8H,7H2,1H3,(H-,14,17,18)/p+1. The lowest BCUT2D eigenvalue weighted by atomic mass is 10.3. The van der Waals surface area contributed by atoms with Crippen LogP contribution < -0.4 is 9.88 Å². The Labute approximate surface area is 109 Å². The normalized spacial score (nSPS) is 10.3. The number of halogens is 1. The van der Waals surface area contributed by atoms with Gasteiger partial charge in [0.2, 0.25) is 6.33 Å². The number of phenolic OH excluding ortho intramolecular Hbond substituents is 1. The Hall–Kier alpha value is -2.01. The molecular weight excluding hydrogens is 254 g/mol. The Morgan fingerprint density at radius 1 is 1.56 bits per heavy atom. The third-order valence-corrected chi connectivity index (χ3v) is 2.62. The van der Waals surface area contributed by atoms with Crippen LogP contribution in [0.5, 0.6) is 5.75 Å². The van der Waals surface area contributed by atoms with Crippen LogP contribution in [0.3, 0.4) is 0 Å². The van der Waals surface area contributed by atoms with Crippen molar-refractivity contribution in [3.8, 4) is 5.75 Å². The SMILES string of the molecule is C[n+]1ccn(CC(=O)Nc2cc(Cl)ccc2O)c1. The van der Waals surface area contributed by atoms with E-state index in [-0.39, 0.29) is 18.2 Å². The zero-order valence-electron chi connectivity index (χ0n) is 9.80. The molecule has 0 saturated carbocycles. The Morgan fingerprint density at radius 2 is 2.33 bits per heavy atom. The first-order valence-corrected chi connectivity index (χ1v) is 5.72. The molecule has 0 atom stereocenters. The summed E-state index contributed by atoms with van der Waals surface area (Å²) in [5, 5.41) is 12.6. The highest BCUT2D eigenvalue weighted by atomic mass is 35.5. The highest BCUT2D eigenvalue weighted by Crippen LogP contribution is 2.26. The zero-order valence-corrected chi connectivity index (χ0v) is 10.6. The van der Waals surface area contributed by atoms with Crippen LogP contribution >= 0.6 is 11.6 Å². The van der Waals surface area contributed by atoms with Gasteiger partial charge in [-0.3, -0.25) is 4.79 Å². The summed E-state index contributed by atoms with van der Waals surface area (Å²) in [6.07, 6.45) is 5.42. The summed E-state index contributed by atoms with van der Waals surface area (Å²) < 4.78 is 3.57. The van der Waals surface area contributed by atoms with E-state index in [4.69, 9.17) is 11.6 Å². The summed E-state index contributed by atoms with van der Waals surface area (Å²) in [7, 11) is 1.87. The molecule has 0 fully saturated rings. The van der Waals surface area contributed by atoms with Crippen LogP contribution in [0.2, 0.25) is 5.02 Å². The number of amides is 1. The lowest BCUT2D eigenvalue weighted by Crippen LogP contribution is -2.25. The number of anilines is 1. The lowest BCUT2D eigenvalue weighted by Gasteiger charge is -2.06. The molecule has 0 aliphatic rings. The summed E-state index contributed by atoms with van der Waals surface area (Å²) in [6.45, 7) is 0.173. The third-order valence-electron chi connectivity index (χ3n) is 2.38. The molecule has 0 radical (unpaired) electrons. The van der Waals surface area contributed by atoms with Gasteiger partial charge in [-0.15, -0.1) is 0 Å². The van der Waals surface area contributed by atoms with Gasteiger partial charge in [-0.2, -0.15) is 0 Å². The van der Waals surface area contributed by atoms with E-state index >= 15 is 0 Å². The van der Waals surface area contributed by atoms with Crippen molar-refractivity contribution in [1.82, 2.24) is 4.57 Å². The van der Waals surface area contributed by atoms with Gasteiger partial charge in [0.25, 0.3) is 5.91 Å². The van der Waals surface area contributed by atoms with Gasteiger partial charge in [-0.25, -0.2) is 9.13 Å². The van der Waals surface area contributed by atoms with Gasteiger partial charge in [0.15, 0.2) is 6.54 Å². The fourth-order valence-corrected chi connectivity index (χ4v) is 1.73. The highest BCUT2D eigenvalue weighted by molar-refractivity contribution is 6.31. The predicted molar refractivity (Wildman–Crippen MR) is 67.4 cm³/mol. The summed E-state index contributed by atoms with van der Waals surface area (Å²) in [5.41, 5.74) is 0.309. The van der Waals surface area contributed by atoms with Gasteiger partial charge in [0.05, 0.1) is 12.7 Å². The number of aromatic nitrogens is 2. The van der Waals surface area contributed by atoms with Crippen molar-refractivity contribution in [2.24, 2.45) is 7.05 Å². The van der Waals surface area contributed by atoms with E-state index in [1.165, 1.54) is 12.1 Å². The van der Waals surface area contributed by atoms with Crippen molar-refractivity contribution < 1.29 is 14.5 Å². The minimum Gasteiger partial charge on any atom is -0.506 e. The second kappa shape index (κ2) is 5.10. The summed E-state index contributed by atoms with van der Waals surface area (Å²) in [5.74, 6) is -0.241. The Kier molecular flexibility index (Phi) is 3.53. The van der Waals surface area contributed by atoms with E-state index in [0.717, 1.165) is 0 Å². The third kappa shape index (κ3) is 3.01. The van der Waals surface area contributed by atoms with E-state index in [2.05, 4.69) is 5.32 Å². The topological polar surface area (TPSA) is 58.1 Å². The number of nitrogens with one attached hydrogen (secondary N) is 1. The van der Waals surface area contributed by atoms with Crippen LogP contribution in [-0.4, -0.2) is 15.6 Å². The molecule has 0 aliphatic carbocycles. The van der Waals surface area contributed by atoms with Crippen molar-refractivity contribution in [1.29, 1.82) is 0 Å². The Bertz CT molecular complexity index is 580. The van der Waals surface area contributed by atoms with E-state index in [0.29, 0.717) is 10.7 Å². The van der Waals surface area contributed by atoms with Crippen LogP contribution in [0.15, 0.2) is 36.9 Å². The summed E-state index contributed by atoms with van der Waals surface area (Å²) in [4.78, 5) is 11.8. The largest absolute Gasteiger partial charge is 0.506 e. The fourth-order valence-electron chi connectivity index (χ4n) is 1.56. The average molecular weight is 267 g/mol. The molecule has 1 heterocycles. The number of benzene rings is 1. The van der Waals surface area contributed by atoms with Crippen LogP contribution in [0, 0.1) is 0 Å². The first-order chi connectivity index (χ1) is 8.54. The molecule has 2 N–H and O–H groups in total.